The van der Waals surface area contributed by atoms with Crippen LogP contribution in [0.1, 0.15) is 44.1 Å². The minimum absolute atomic E-state index is 0.0428. The number of alkyl halides is 3. The zero-order valence-electron chi connectivity index (χ0n) is 12.6. The largest absolute Gasteiger partial charge is 0.389 e. The number of benzene rings is 1. The van der Waals surface area contributed by atoms with E-state index in [4.69, 9.17) is 5.73 Å². The van der Waals surface area contributed by atoms with Crippen LogP contribution in [0.2, 0.25) is 0 Å². The van der Waals surface area contributed by atoms with Crippen molar-refractivity contribution < 1.29 is 18.0 Å². The van der Waals surface area contributed by atoms with Crippen molar-refractivity contribution in [3.8, 4) is 0 Å². The summed E-state index contributed by atoms with van der Waals surface area (Å²) < 4.78 is 36.4. The molecule has 0 aliphatic carbocycles. The molecule has 0 atom stereocenters. The highest BCUT2D eigenvalue weighted by Crippen LogP contribution is 2.22. The average Bonchev–Trinajstić information content (AvgIpc) is 2.45. The normalized spacial score (nSPS) is 11.5. The molecule has 1 aromatic rings. The molecule has 0 aliphatic rings. The fourth-order valence-electron chi connectivity index (χ4n) is 2.05. The smallest absolute Gasteiger partial charge is 0.330 e. The van der Waals surface area contributed by atoms with Crippen LogP contribution < -0.4 is 11.1 Å². The molecule has 0 heterocycles. The molecule has 22 heavy (non-hydrogen) atoms. The lowest BCUT2D eigenvalue weighted by molar-refractivity contribution is -0.134. The molecule has 1 amide bonds. The first-order valence-corrected chi connectivity index (χ1v) is 7.56. The lowest BCUT2D eigenvalue weighted by Crippen LogP contribution is -2.11. The molecule has 1 rings (SSSR count). The molecule has 124 valence electrons. The Morgan fingerprint density at radius 1 is 1.05 bits per heavy atom. The SMILES string of the molecule is NCCCCCCC(=O)Nc1ccc(CCC(F)(F)F)cc1. The van der Waals surface area contributed by atoms with E-state index in [-0.39, 0.29) is 12.3 Å². The van der Waals surface area contributed by atoms with Gasteiger partial charge in [-0.05, 0) is 43.5 Å². The number of halogens is 3. The number of anilines is 1. The predicted octanol–water partition coefficient (Wildman–Crippen LogP) is 4.03. The average molecular weight is 316 g/mol. The van der Waals surface area contributed by atoms with Crippen LogP contribution in [0.15, 0.2) is 24.3 Å². The first-order valence-electron chi connectivity index (χ1n) is 7.56. The Balaban J connectivity index is 2.29. The molecule has 0 saturated carbocycles. The molecule has 3 N–H and O–H groups in total. The molecule has 0 aliphatic heterocycles. The number of amides is 1. The van der Waals surface area contributed by atoms with Gasteiger partial charge < -0.3 is 11.1 Å². The van der Waals surface area contributed by atoms with Gasteiger partial charge in [0.2, 0.25) is 5.91 Å². The monoisotopic (exact) mass is 316 g/mol. The Morgan fingerprint density at radius 3 is 2.27 bits per heavy atom. The van der Waals surface area contributed by atoms with E-state index in [1.165, 1.54) is 0 Å². The van der Waals surface area contributed by atoms with Crippen LogP contribution in [0.5, 0.6) is 0 Å². The fourth-order valence-corrected chi connectivity index (χ4v) is 2.05. The number of hydrogen-bond acceptors (Lipinski definition) is 2. The highest BCUT2D eigenvalue weighted by atomic mass is 19.4. The van der Waals surface area contributed by atoms with E-state index in [0.29, 0.717) is 24.2 Å². The number of nitrogens with two attached hydrogens (primary N) is 1. The minimum Gasteiger partial charge on any atom is -0.330 e. The summed E-state index contributed by atoms with van der Waals surface area (Å²) in [6, 6.07) is 6.50. The van der Waals surface area contributed by atoms with E-state index >= 15 is 0 Å². The van der Waals surface area contributed by atoms with Crippen molar-refractivity contribution in [3.63, 3.8) is 0 Å². The topological polar surface area (TPSA) is 55.1 Å². The molecule has 3 nitrogen and oxygen atoms in total. The fraction of sp³-hybridized carbons (Fsp3) is 0.562. The molecular weight excluding hydrogens is 293 g/mol. The van der Waals surface area contributed by atoms with Crippen LogP contribution in [0.25, 0.3) is 0 Å². The number of carbonyl (C=O) groups is 1. The van der Waals surface area contributed by atoms with Crippen molar-refractivity contribution in [1.82, 2.24) is 0 Å². The summed E-state index contributed by atoms with van der Waals surface area (Å²) in [6.45, 7) is 0.673. The van der Waals surface area contributed by atoms with Crippen molar-refractivity contribution in [1.29, 1.82) is 0 Å². The van der Waals surface area contributed by atoms with Gasteiger partial charge in [-0.15, -0.1) is 0 Å². The second-order valence-corrected chi connectivity index (χ2v) is 5.31. The maximum Gasteiger partial charge on any atom is 0.389 e. The summed E-state index contributed by atoms with van der Waals surface area (Å²) in [6.07, 6.45) is -0.785. The van der Waals surface area contributed by atoms with Crippen LogP contribution in [0, 0.1) is 0 Å². The van der Waals surface area contributed by atoms with Gasteiger partial charge in [0.15, 0.2) is 0 Å². The maximum atomic E-state index is 12.1. The van der Waals surface area contributed by atoms with Crippen molar-refractivity contribution in [2.24, 2.45) is 5.73 Å². The Morgan fingerprint density at radius 2 is 1.68 bits per heavy atom. The van der Waals surface area contributed by atoms with E-state index in [1.807, 2.05) is 0 Å². The van der Waals surface area contributed by atoms with Gasteiger partial charge >= 0.3 is 6.18 Å². The summed E-state index contributed by atoms with van der Waals surface area (Å²) in [5, 5.41) is 2.75. The van der Waals surface area contributed by atoms with Crippen molar-refractivity contribution >= 4 is 11.6 Å². The number of unbranched alkanes of at least 4 members (excludes halogenated alkanes) is 3. The third-order valence-corrected chi connectivity index (χ3v) is 3.29. The number of hydrogen-bond donors (Lipinski definition) is 2. The van der Waals surface area contributed by atoms with Gasteiger partial charge in [-0.1, -0.05) is 25.0 Å². The van der Waals surface area contributed by atoms with E-state index in [1.54, 1.807) is 24.3 Å². The van der Waals surface area contributed by atoms with Crippen molar-refractivity contribution in [2.75, 3.05) is 11.9 Å². The molecule has 0 fully saturated rings. The van der Waals surface area contributed by atoms with E-state index < -0.39 is 12.6 Å². The van der Waals surface area contributed by atoms with Gasteiger partial charge in [-0.2, -0.15) is 13.2 Å². The standard InChI is InChI=1S/C16H23F3N2O/c17-16(18,19)11-10-13-6-8-14(9-7-13)21-15(22)5-3-1-2-4-12-20/h6-9H,1-5,10-12,20H2,(H,21,22). The highest BCUT2D eigenvalue weighted by Gasteiger charge is 2.26. The number of carbonyl (C=O) groups excluding carboxylic acids is 1. The Kier molecular flexibility index (Phi) is 7.95. The molecule has 0 spiro atoms. The Bertz CT molecular complexity index is 444. The number of nitrogens with one attached hydrogen (secondary N) is 1. The van der Waals surface area contributed by atoms with Crippen molar-refractivity contribution in [3.05, 3.63) is 29.8 Å². The molecule has 0 bridgehead atoms. The number of aryl methyl sites for hydroxylation is 1. The zero-order chi connectivity index (χ0) is 16.4. The first kappa shape index (κ1) is 18.5. The van der Waals surface area contributed by atoms with Crippen molar-refractivity contribution in [2.45, 2.75) is 51.1 Å². The Hall–Kier alpha value is -1.56. The second kappa shape index (κ2) is 9.46. The van der Waals surface area contributed by atoms with Gasteiger partial charge in [0.1, 0.15) is 0 Å². The summed E-state index contributed by atoms with van der Waals surface area (Å²) >= 11 is 0. The molecule has 6 heteroatoms. The van der Waals surface area contributed by atoms with Gasteiger partial charge in [0.25, 0.3) is 0 Å². The van der Waals surface area contributed by atoms with Gasteiger partial charge in [-0.25, -0.2) is 0 Å². The number of rotatable bonds is 9. The second-order valence-electron chi connectivity index (χ2n) is 5.31. The molecule has 1 aromatic carbocycles. The minimum atomic E-state index is -4.14. The summed E-state index contributed by atoms with van der Waals surface area (Å²) in [5.74, 6) is -0.0733. The molecule has 0 radical (unpaired) electrons. The van der Waals surface area contributed by atoms with Crippen LogP contribution in [0.4, 0.5) is 18.9 Å². The predicted molar refractivity (Wildman–Crippen MR) is 81.6 cm³/mol. The van der Waals surface area contributed by atoms with E-state index in [9.17, 15) is 18.0 Å². The van der Waals surface area contributed by atoms with E-state index in [0.717, 1.165) is 25.7 Å². The maximum absolute atomic E-state index is 12.1. The Labute approximate surface area is 129 Å². The summed E-state index contributed by atoms with van der Waals surface area (Å²) in [7, 11) is 0. The molecule has 0 aromatic heterocycles. The lowest BCUT2D eigenvalue weighted by Gasteiger charge is -2.08. The summed E-state index contributed by atoms with van der Waals surface area (Å²) in [4.78, 5) is 11.7. The van der Waals surface area contributed by atoms with Gasteiger partial charge in [0.05, 0.1) is 0 Å². The molecule has 0 saturated heterocycles. The van der Waals surface area contributed by atoms with E-state index in [2.05, 4.69) is 5.32 Å². The van der Waals surface area contributed by atoms with Crippen LogP contribution in [-0.4, -0.2) is 18.6 Å². The first-order chi connectivity index (χ1) is 10.4. The summed E-state index contributed by atoms with van der Waals surface area (Å²) in [5.41, 5.74) is 6.61. The molecular formula is C16H23F3N2O. The third-order valence-electron chi connectivity index (χ3n) is 3.29. The van der Waals surface area contributed by atoms with Crippen LogP contribution in [-0.2, 0) is 11.2 Å². The lowest BCUT2D eigenvalue weighted by atomic mass is 10.1. The van der Waals surface area contributed by atoms with Gasteiger partial charge in [0, 0.05) is 18.5 Å². The van der Waals surface area contributed by atoms with Crippen LogP contribution >= 0.6 is 0 Å². The highest BCUT2D eigenvalue weighted by molar-refractivity contribution is 5.90. The third kappa shape index (κ3) is 8.67. The quantitative estimate of drug-likeness (QED) is 0.676. The van der Waals surface area contributed by atoms with Gasteiger partial charge in [-0.3, -0.25) is 4.79 Å². The molecule has 0 unspecified atom stereocenters. The van der Waals surface area contributed by atoms with Crippen LogP contribution in [0.3, 0.4) is 0 Å². The zero-order valence-corrected chi connectivity index (χ0v) is 12.6.